The molecular formula is C18H24BrN5O3. The van der Waals surface area contributed by atoms with Crippen molar-refractivity contribution in [3.63, 3.8) is 0 Å². The quantitative estimate of drug-likeness (QED) is 0.662. The predicted molar refractivity (Wildman–Crippen MR) is 105 cm³/mol. The Kier molecular flexibility index (Phi) is 4.83. The highest BCUT2D eigenvalue weighted by Gasteiger charge is 2.52. The summed E-state index contributed by atoms with van der Waals surface area (Å²) in [5.74, 6) is -0.541. The van der Waals surface area contributed by atoms with Gasteiger partial charge in [0.15, 0.2) is 0 Å². The molecule has 0 bridgehead atoms. The molecule has 27 heavy (non-hydrogen) atoms. The lowest BCUT2D eigenvalue weighted by Crippen LogP contribution is -2.44. The lowest BCUT2D eigenvalue weighted by molar-refractivity contribution is 0.0318. The van der Waals surface area contributed by atoms with Crippen molar-refractivity contribution < 1.29 is 14.3 Å². The molecule has 1 saturated carbocycles. The standard InChI is InChI=1S/C18H24BrN5O3/c1-17(2)13(4-5-18(17,3)9-27-16(21)26)23-14-11(15(20)25)7-22-24-8-10(19)6-12(14)24/h6-8,13,23H,4-5,9H2,1-3H3,(H2,20,25)(H2,21,26)/t13-,18-/m1/s1. The molecule has 1 aliphatic carbocycles. The molecule has 1 fully saturated rings. The van der Waals surface area contributed by atoms with Crippen LogP contribution in [0, 0.1) is 10.8 Å². The number of aromatic nitrogens is 2. The molecule has 9 heteroatoms. The van der Waals surface area contributed by atoms with Crippen molar-refractivity contribution in [2.75, 3.05) is 11.9 Å². The molecule has 1 aliphatic rings. The van der Waals surface area contributed by atoms with Gasteiger partial charge in [-0.15, -0.1) is 0 Å². The van der Waals surface area contributed by atoms with Gasteiger partial charge in [0.2, 0.25) is 0 Å². The van der Waals surface area contributed by atoms with Gasteiger partial charge >= 0.3 is 6.09 Å². The first-order valence-corrected chi connectivity index (χ1v) is 9.50. The molecule has 2 atom stereocenters. The van der Waals surface area contributed by atoms with Gasteiger partial charge in [-0.2, -0.15) is 5.10 Å². The molecule has 2 heterocycles. The highest BCUT2D eigenvalue weighted by atomic mass is 79.9. The Hall–Kier alpha value is -2.29. The fourth-order valence-electron chi connectivity index (χ4n) is 3.85. The second-order valence-electron chi connectivity index (χ2n) is 7.91. The third-order valence-corrected chi connectivity index (χ3v) is 6.57. The van der Waals surface area contributed by atoms with E-state index in [4.69, 9.17) is 16.2 Å². The molecular weight excluding hydrogens is 414 g/mol. The predicted octanol–water partition coefficient (Wildman–Crippen LogP) is 2.90. The van der Waals surface area contributed by atoms with E-state index in [2.05, 4.69) is 47.1 Å². The third kappa shape index (κ3) is 3.36. The van der Waals surface area contributed by atoms with Crippen molar-refractivity contribution in [1.82, 2.24) is 9.61 Å². The van der Waals surface area contributed by atoms with Crippen LogP contribution >= 0.6 is 15.9 Å². The number of carbonyl (C=O) groups is 2. The maximum atomic E-state index is 12.0. The van der Waals surface area contributed by atoms with Gasteiger partial charge in [0.05, 0.1) is 29.6 Å². The first-order chi connectivity index (χ1) is 12.5. The van der Waals surface area contributed by atoms with Crippen molar-refractivity contribution in [3.05, 3.63) is 28.5 Å². The number of rotatable bonds is 5. The number of amides is 2. The van der Waals surface area contributed by atoms with Crippen LogP contribution in [0.5, 0.6) is 0 Å². The summed E-state index contributed by atoms with van der Waals surface area (Å²) >= 11 is 3.44. The number of nitrogens with one attached hydrogen (secondary N) is 1. The highest BCUT2D eigenvalue weighted by Crippen LogP contribution is 2.53. The fourth-order valence-corrected chi connectivity index (χ4v) is 4.26. The monoisotopic (exact) mass is 437 g/mol. The summed E-state index contributed by atoms with van der Waals surface area (Å²) in [7, 11) is 0. The molecule has 2 aromatic heterocycles. The average Bonchev–Trinajstić information content (AvgIpc) is 3.05. The van der Waals surface area contributed by atoms with E-state index in [1.54, 1.807) is 4.52 Å². The second-order valence-corrected chi connectivity index (χ2v) is 8.83. The number of carbonyl (C=O) groups excluding carboxylic acids is 2. The maximum absolute atomic E-state index is 12.0. The Balaban J connectivity index is 1.97. The summed E-state index contributed by atoms with van der Waals surface area (Å²) in [5, 5.41) is 7.77. The molecule has 5 N–H and O–H groups in total. The Morgan fingerprint density at radius 3 is 2.74 bits per heavy atom. The second kappa shape index (κ2) is 6.70. The van der Waals surface area contributed by atoms with Crippen LogP contribution < -0.4 is 16.8 Å². The van der Waals surface area contributed by atoms with Crippen LogP contribution in [0.4, 0.5) is 10.5 Å². The van der Waals surface area contributed by atoms with Crippen LogP contribution in [-0.4, -0.2) is 34.3 Å². The largest absolute Gasteiger partial charge is 0.449 e. The van der Waals surface area contributed by atoms with Gasteiger partial charge in [-0.3, -0.25) is 4.79 Å². The van der Waals surface area contributed by atoms with E-state index in [1.807, 2.05) is 12.3 Å². The molecule has 2 amide bonds. The third-order valence-electron chi connectivity index (χ3n) is 6.13. The SMILES string of the molecule is CC1(C)[C@H](Nc2c(C(N)=O)cnn3cc(Br)cc23)CC[C@]1(C)COC(N)=O. The summed E-state index contributed by atoms with van der Waals surface area (Å²) in [6.45, 7) is 6.58. The number of ether oxygens (including phenoxy) is 1. The molecule has 0 unspecified atom stereocenters. The van der Waals surface area contributed by atoms with E-state index < -0.39 is 12.0 Å². The van der Waals surface area contributed by atoms with Crippen LogP contribution in [0.15, 0.2) is 22.9 Å². The van der Waals surface area contributed by atoms with Gasteiger partial charge in [0.25, 0.3) is 5.91 Å². The summed E-state index contributed by atoms with van der Waals surface area (Å²) in [6.07, 6.45) is 4.22. The van der Waals surface area contributed by atoms with E-state index in [-0.39, 0.29) is 23.5 Å². The lowest BCUT2D eigenvalue weighted by Gasteiger charge is -2.41. The number of nitrogens with two attached hydrogens (primary N) is 2. The fraction of sp³-hybridized carbons (Fsp3) is 0.500. The first-order valence-electron chi connectivity index (χ1n) is 8.70. The molecule has 8 nitrogen and oxygen atoms in total. The summed E-state index contributed by atoms with van der Waals surface area (Å²) in [6, 6.07) is 1.93. The number of anilines is 1. The normalized spacial score (nSPS) is 24.1. The Morgan fingerprint density at radius 2 is 2.11 bits per heavy atom. The van der Waals surface area contributed by atoms with E-state index in [1.165, 1.54) is 6.20 Å². The van der Waals surface area contributed by atoms with Crippen LogP contribution in [0.3, 0.4) is 0 Å². The zero-order valence-corrected chi connectivity index (χ0v) is 17.2. The number of hydrogen-bond acceptors (Lipinski definition) is 5. The average molecular weight is 438 g/mol. The first kappa shape index (κ1) is 19.5. The summed E-state index contributed by atoms with van der Waals surface area (Å²) in [4.78, 5) is 23.0. The van der Waals surface area contributed by atoms with Crippen molar-refractivity contribution >= 4 is 39.1 Å². The van der Waals surface area contributed by atoms with E-state index in [0.717, 1.165) is 22.8 Å². The Labute approximate surface area is 165 Å². The van der Waals surface area contributed by atoms with E-state index in [9.17, 15) is 9.59 Å². The molecule has 2 aromatic rings. The minimum atomic E-state index is -0.770. The van der Waals surface area contributed by atoms with Gasteiger partial charge in [-0.25, -0.2) is 9.31 Å². The lowest BCUT2D eigenvalue weighted by atomic mass is 9.68. The van der Waals surface area contributed by atoms with Crippen molar-refractivity contribution in [3.8, 4) is 0 Å². The smallest absolute Gasteiger partial charge is 0.404 e. The Morgan fingerprint density at radius 1 is 1.41 bits per heavy atom. The molecule has 0 aromatic carbocycles. The molecule has 3 rings (SSSR count). The van der Waals surface area contributed by atoms with Gasteiger partial charge in [-0.1, -0.05) is 20.8 Å². The topological polar surface area (TPSA) is 125 Å². The molecule has 0 aliphatic heterocycles. The van der Waals surface area contributed by atoms with Gasteiger partial charge < -0.3 is 21.5 Å². The number of fused-ring (bicyclic) bond motifs is 1. The minimum Gasteiger partial charge on any atom is -0.449 e. The molecule has 0 spiro atoms. The van der Waals surface area contributed by atoms with Crippen LogP contribution in [-0.2, 0) is 4.74 Å². The van der Waals surface area contributed by atoms with Crippen LogP contribution in [0.1, 0.15) is 44.0 Å². The van der Waals surface area contributed by atoms with E-state index in [0.29, 0.717) is 11.3 Å². The van der Waals surface area contributed by atoms with Crippen LogP contribution in [0.2, 0.25) is 0 Å². The van der Waals surface area contributed by atoms with Crippen molar-refractivity contribution in [2.45, 2.75) is 39.7 Å². The molecule has 0 saturated heterocycles. The highest BCUT2D eigenvalue weighted by molar-refractivity contribution is 9.10. The van der Waals surface area contributed by atoms with Gasteiger partial charge in [0, 0.05) is 22.1 Å². The number of hydrogen-bond donors (Lipinski definition) is 3. The number of nitrogens with zero attached hydrogens (tertiary/aromatic N) is 2. The molecule has 0 radical (unpaired) electrons. The van der Waals surface area contributed by atoms with E-state index >= 15 is 0 Å². The van der Waals surface area contributed by atoms with Crippen molar-refractivity contribution in [1.29, 1.82) is 0 Å². The van der Waals surface area contributed by atoms with Crippen LogP contribution in [0.25, 0.3) is 5.52 Å². The Bertz CT molecular complexity index is 910. The van der Waals surface area contributed by atoms with Crippen molar-refractivity contribution in [2.24, 2.45) is 22.3 Å². The zero-order valence-electron chi connectivity index (χ0n) is 15.6. The number of primary amides is 2. The summed E-state index contributed by atoms with van der Waals surface area (Å²) in [5.41, 5.74) is 12.0. The summed E-state index contributed by atoms with van der Waals surface area (Å²) < 4.78 is 7.66. The zero-order chi connectivity index (χ0) is 20.0. The number of halogens is 1. The van der Waals surface area contributed by atoms with Gasteiger partial charge in [0.1, 0.15) is 0 Å². The minimum absolute atomic E-state index is 0.0388. The maximum Gasteiger partial charge on any atom is 0.404 e. The van der Waals surface area contributed by atoms with Gasteiger partial charge in [-0.05, 0) is 40.3 Å². The molecule has 146 valence electrons.